The Hall–Kier alpha value is -2.51. The molecule has 2 aromatic rings. The van der Waals surface area contributed by atoms with Gasteiger partial charge in [0.05, 0.1) is 13.2 Å². The molecule has 0 saturated carbocycles. The first-order chi connectivity index (χ1) is 13.5. The molecule has 0 spiro atoms. The number of aromatic nitrogens is 2. The van der Waals surface area contributed by atoms with Crippen LogP contribution >= 0.6 is 0 Å². The van der Waals surface area contributed by atoms with E-state index in [9.17, 15) is 4.79 Å². The third kappa shape index (κ3) is 5.27. The lowest BCUT2D eigenvalue weighted by Gasteiger charge is -2.26. The number of nitrogens with one attached hydrogen (secondary N) is 2. The summed E-state index contributed by atoms with van der Waals surface area (Å²) in [5.41, 5.74) is 3.76. The molecule has 7 nitrogen and oxygen atoms in total. The first-order valence-corrected chi connectivity index (χ1v) is 9.81. The van der Waals surface area contributed by atoms with E-state index < -0.39 is 0 Å². The van der Waals surface area contributed by atoms with Gasteiger partial charge in [-0.2, -0.15) is 0 Å². The second-order valence-corrected chi connectivity index (χ2v) is 7.32. The average Bonchev–Trinajstić information content (AvgIpc) is 2.70. The number of carbonyl (C=O) groups is 1. The maximum absolute atomic E-state index is 12.5. The molecule has 0 atom stereocenters. The van der Waals surface area contributed by atoms with E-state index >= 15 is 0 Å². The number of aryl methyl sites for hydroxylation is 1. The fourth-order valence-electron chi connectivity index (χ4n) is 3.26. The predicted octanol–water partition coefficient (Wildman–Crippen LogP) is 2.71. The van der Waals surface area contributed by atoms with Gasteiger partial charge in [-0.05, 0) is 24.0 Å². The van der Waals surface area contributed by atoms with Gasteiger partial charge in [0, 0.05) is 37.9 Å². The SMILES string of the molecule is Cc1cccc(C(C)C)c1Nc1cc(C(=O)NCCN2CCOCC2)ncn1. The van der Waals surface area contributed by atoms with Crippen LogP contribution in [0.3, 0.4) is 0 Å². The first-order valence-electron chi connectivity index (χ1n) is 9.81. The first kappa shape index (κ1) is 20.2. The lowest BCUT2D eigenvalue weighted by molar-refractivity contribution is 0.0383. The number of benzene rings is 1. The van der Waals surface area contributed by atoms with Crippen LogP contribution in [0, 0.1) is 6.92 Å². The molecule has 0 radical (unpaired) electrons. The third-order valence-electron chi connectivity index (χ3n) is 4.90. The Morgan fingerprint density at radius 1 is 1.25 bits per heavy atom. The van der Waals surface area contributed by atoms with Crippen LogP contribution in [-0.4, -0.2) is 60.2 Å². The Morgan fingerprint density at radius 3 is 2.79 bits per heavy atom. The molecule has 0 unspecified atom stereocenters. The predicted molar refractivity (Wildman–Crippen MR) is 110 cm³/mol. The maximum Gasteiger partial charge on any atom is 0.270 e. The van der Waals surface area contributed by atoms with Crippen molar-refractivity contribution < 1.29 is 9.53 Å². The van der Waals surface area contributed by atoms with Crippen LogP contribution in [0.1, 0.15) is 41.4 Å². The van der Waals surface area contributed by atoms with Crippen LogP contribution < -0.4 is 10.6 Å². The minimum Gasteiger partial charge on any atom is -0.379 e. The van der Waals surface area contributed by atoms with Crippen LogP contribution in [-0.2, 0) is 4.74 Å². The average molecular weight is 383 g/mol. The molecule has 0 bridgehead atoms. The summed E-state index contributed by atoms with van der Waals surface area (Å²) < 4.78 is 5.34. The Balaban J connectivity index is 1.63. The summed E-state index contributed by atoms with van der Waals surface area (Å²) in [4.78, 5) is 23.2. The molecule has 1 aromatic heterocycles. The molecular weight excluding hydrogens is 354 g/mol. The van der Waals surface area contributed by atoms with Crippen molar-refractivity contribution >= 4 is 17.4 Å². The number of rotatable bonds is 7. The highest BCUT2D eigenvalue weighted by molar-refractivity contribution is 5.93. The van der Waals surface area contributed by atoms with Gasteiger partial charge in [-0.1, -0.05) is 32.0 Å². The normalized spacial score (nSPS) is 14.9. The molecule has 1 fully saturated rings. The number of carbonyl (C=O) groups excluding carboxylic acids is 1. The van der Waals surface area contributed by atoms with Gasteiger partial charge in [-0.15, -0.1) is 0 Å². The van der Waals surface area contributed by atoms with Gasteiger partial charge in [0.1, 0.15) is 17.8 Å². The largest absolute Gasteiger partial charge is 0.379 e. The van der Waals surface area contributed by atoms with Gasteiger partial charge < -0.3 is 15.4 Å². The highest BCUT2D eigenvalue weighted by Gasteiger charge is 2.14. The second-order valence-electron chi connectivity index (χ2n) is 7.32. The standard InChI is InChI=1S/C21H29N5O2/c1-15(2)17-6-4-5-16(3)20(17)25-19-13-18(23-14-24-19)21(27)22-7-8-26-9-11-28-12-10-26/h4-6,13-15H,7-12H2,1-3H3,(H,22,27)(H,23,24,25). The molecule has 28 heavy (non-hydrogen) atoms. The van der Waals surface area contributed by atoms with Gasteiger partial charge in [0.15, 0.2) is 0 Å². The summed E-state index contributed by atoms with van der Waals surface area (Å²) in [6.45, 7) is 11.1. The highest BCUT2D eigenvalue weighted by atomic mass is 16.5. The van der Waals surface area contributed by atoms with Crippen LogP contribution in [0.15, 0.2) is 30.6 Å². The molecule has 0 aliphatic carbocycles. The van der Waals surface area contributed by atoms with E-state index in [0.29, 0.717) is 24.0 Å². The van der Waals surface area contributed by atoms with Crippen molar-refractivity contribution in [1.82, 2.24) is 20.2 Å². The van der Waals surface area contributed by atoms with Gasteiger partial charge in [-0.3, -0.25) is 9.69 Å². The van der Waals surface area contributed by atoms with E-state index in [0.717, 1.165) is 44.1 Å². The second kappa shape index (κ2) is 9.61. The van der Waals surface area contributed by atoms with Gasteiger partial charge in [0.2, 0.25) is 0 Å². The number of ether oxygens (including phenoxy) is 1. The molecule has 1 amide bonds. The molecule has 7 heteroatoms. The molecule has 1 saturated heterocycles. The Bertz CT molecular complexity index is 803. The Labute approximate surface area is 166 Å². The lowest BCUT2D eigenvalue weighted by Crippen LogP contribution is -2.41. The molecule has 1 aliphatic heterocycles. The summed E-state index contributed by atoms with van der Waals surface area (Å²) >= 11 is 0. The maximum atomic E-state index is 12.5. The van der Waals surface area contributed by atoms with Crippen molar-refractivity contribution in [3.05, 3.63) is 47.4 Å². The zero-order valence-electron chi connectivity index (χ0n) is 16.9. The van der Waals surface area contributed by atoms with E-state index in [4.69, 9.17) is 4.74 Å². The van der Waals surface area contributed by atoms with E-state index in [1.54, 1.807) is 6.07 Å². The number of para-hydroxylation sites is 1. The van der Waals surface area contributed by atoms with E-state index in [1.165, 1.54) is 11.9 Å². The molecular formula is C21H29N5O2. The quantitative estimate of drug-likeness (QED) is 0.765. The summed E-state index contributed by atoms with van der Waals surface area (Å²) in [5, 5.41) is 6.31. The Morgan fingerprint density at radius 2 is 2.04 bits per heavy atom. The van der Waals surface area contributed by atoms with Crippen molar-refractivity contribution in [2.24, 2.45) is 0 Å². The molecule has 150 valence electrons. The fourth-order valence-corrected chi connectivity index (χ4v) is 3.26. The van der Waals surface area contributed by atoms with E-state index in [-0.39, 0.29) is 5.91 Å². The summed E-state index contributed by atoms with van der Waals surface area (Å²) in [6, 6.07) is 7.93. The van der Waals surface area contributed by atoms with Gasteiger partial charge >= 0.3 is 0 Å². The number of anilines is 2. The molecule has 1 aliphatic rings. The number of amides is 1. The lowest BCUT2D eigenvalue weighted by atomic mass is 9.98. The van der Waals surface area contributed by atoms with Crippen LogP contribution in [0.4, 0.5) is 11.5 Å². The number of hydrogen-bond acceptors (Lipinski definition) is 6. The van der Waals surface area contributed by atoms with Crippen molar-refractivity contribution in [1.29, 1.82) is 0 Å². The molecule has 1 aromatic carbocycles. The van der Waals surface area contributed by atoms with Gasteiger partial charge in [-0.25, -0.2) is 9.97 Å². The minimum atomic E-state index is -0.187. The number of hydrogen-bond donors (Lipinski definition) is 2. The monoisotopic (exact) mass is 383 g/mol. The number of nitrogens with zero attached hydrogens (tertiary/aromatic N) is 3. The summed E-state index contributed by atoms with van der Waals surface area (Å²) in [7, 11) is 0. The fraction of sp³-hybridized carbons (Fsp3) is 0.476. The zero-order chi connectivity index (χ0) is 19.9. The molecule has 3 rings (SSSR count). The molecule has 2 heterocycles. The molecule has 2 N–H and O–H groups in total. The van der Waals surface area contributed by atoms with Crippen molar-refractivity contribution in [3.63, 3.8) is 0 Å². The number of morpholine rings is 1. The highest BCUT2D eigenvalue weighted by Crippen LogP contribution is 2.29. The zero-order valence-corrected chi connectivity index (χ0v) is 16.9. The smallest absolute Gasteiger partial charge is 0.270 e. The van der Waals surface area contributed by atoms with E-state index in [1.807, 2.05) is 0 Å². The summed E-state index contributed by atoms with van der Waals surface area (Å²) in [6.07, 6.45) is 1.42. The van der Waals surface area contributed by atoms with Crippen LogP contribution in [0.25, 0.3) is 0 Å². The van der Waals surface area contributed by atoms with E-state index in [2.05, 4.69) is 64.5 Å². The van der Waals surface area contributed by atoms with Crippen LogP contribution in [0.5, 0.6) is 0 Å². The van der Waals surface area contributed by atoms with Crippen LogP contribution in [0.2, 0.25) is 0 Å². The van der Waals surface area contributed by atoms with Gasteiger partial charge in [0.25, 0.3) is 5.91 Å². The van der Waals surface area contributed by atoms with Crippen molar-refractivity contribution in [2.75, 3.05) is 44.7 Å². The minimum absolute atomic E-state index is 0.187. The summed E-state index contributed by atoms with van der Waals surface area (Å²) in [5.74, 6) is 0.810. The topological polar surface area (TPSA) is 79.4 Å². The third-order valence-corrected chi connectivity index (χ3v) is 4.90. The van der Waals surface area contributed by atoms with Crippen molar-refractivity contribution in [2.45, 2.75) is 26.7 Å². The Kier molecular flexibility index (Phi) is 6.95. The van der Waals surface area contributed by atoms with Crippen molar-refractivity contribution in [3.8, 4) is 0 Å².